The van der Waals surface area contributed by atoms with E-state index in [9.17, 15) is 0 Å². The number of thiazole rings is 1. The molecule has 1 heterocycles. The quantitative estimate of drug-likeness (QED) is 0.532. The van der Waals surface area contributed by atoms with Crippen LogP contribution >= 0.6 is 22.9 Å². The normalized spacial score (nSPS) is 14.6. The lowest BCUT2D eigenvalue weighted by molar-refractivity contribution is 0.810. The standard InChI is InChI=1S/C21H26ClNS/c1-12(2)17-9-16(22)10-18(13(3)4)19(17)8-14(5)21-23-11-20(24-21)15-6-7-15/h9-13,15H,5-8H2,1-4H3. The largest absolute Gasteiger partial charge is 0.245 e. The van der Waals surface area contributed by atoms with Crippen LogP contribution in [0.4, 0.5) is 0 Å². The summed E-state index contributed by atoms with van der Waals surface area (Å²) in [6.07, 6.45) is 5.55. The smallest absolute Gasteiger partial charge is 0.119 e. The highest BCUT2D eigenvalue weighted by Crippen LogP contribution is 2.43. The molecule has 1 nitrogen and oxygen atoms in total. The highest BCUT2D eigenvalue weighted by molar-refractivity contribution is 7.12. The molecule has 0 radical (unpaired) electrons. The molecule has 0 aliphatic heterocycles. The van der Waals surface area contributed by atoms with Gasteiger partial charge in [-0.2, -0.15) is 0 Å². The first kappa shape index (κ1) is 17.7. The van der Waals surface area contributed by atoms with Gasteiger partial charge in [-0.05, 0) is 65.0 Å². The van der Waals surface area contributed by atoms with Gasteiger partial charge in [-0.1, -0.05) is 45.9 Å². The van der Waals surface area contributed by atoms with Crippen molar-refractivity contribution in [3.8, 4) is 0 Å². The molecule has 1 aromatic heterocycles. The minimum absolute atomic E-state index is 0.447. The summed E-state index contributed by atoms with van der Waals surface area (Å²) < 4.78 is 0. The van der Waals surface area contributed by atoms with Crippen molar-refractivity contribution in [3.63, 3.8) is 0 Å². The third-order valence-corrected chi connectivity index (χ3v) is 6.20. The van der Waals surface area contributed by atoms with Crippen molar-refractivity contribution in [2.24, 2.45) is 0 Å². The van der Waals surface area contributed by atoms with E-state index in [1.807, 2.05) is 11.3 Å². The first-order valence-corrected chi connectivity index (χ1v) is 10.0. The third-order valence-electron chi connectivity index (χ3n) is 4.72. The number of halogens is 1. The molecule has 3 rings (SSSR count). The lowest BCUT2D eigenvalue weighted by Gasteiger charge is -2.21. The Morgan fingerprint density at radius 1 is 1.21 bits per heavy atom. The number of hydrogen-bond acceptors (Lipinski definition) is 2. The summed E-state index contributed by atoms with van der Waals surface area (Å²) >= 11 is 8.20. The summed E-state index contributed by atoms with van der Waals surface area (Å²) in [7, 11) is 0. The number of rotatable bonds is 6. The molecule has 0 amide bonds. The van der Waals surface area contributed by atoms with E-state index in [0.29, 0.717) is 11.8 Å². The summed E-state index contributed by atoms with van der Waals surface area (Å²) in [4.78, 5) is 6.06. The lowest BCUT2D eigenvalue weighted by atomic mass is 9.86. The summed E-state index contributed by atoms with van der Waals surface area (Å²) in [5, 5.41) is 1.93. The van der Waals surface area contributed by atoms with E-state index in [4.69, 9.17) is 11.6 Å². The second kappa shape index (κ2) is 7.01. The predicted molar refractivity (Wildman–Crippen MR) is 106 cm³/mol. The predicted octanol–water partition coefficient (Wildman–Crippen LogP) is 7.18. The van der Waals surface area contributed by atoms with Crippen LogP contribution in [0.5, 0.6) is 0 Å². The maximum absolute atomic E-state index is 6.38. The van der Waals surface area contributed by atoms with E-state index >= 15 is 0 Å². The zero-order chi connectivity index (χ0) is 17.4. The molecule has 3 heteroatoms. The molecule has 1 aliphatic rings. The van der Waals surface area contributed by atoms with Gasteiger partial charge in [-0.3, -0.25) is 0 Å². The van der Waals surface area contributed by atoms with Crippen molar-refractivity contribution in [1.82, 2.24) is 4.98 Å². The molecule has 0 N–H and O–H groups in total. The Kier molecular flexibility index (Phi) is 5.17. The molecule has 1 aromatic carbocycles. The SMILES string of the molecule is C=C(Cc1c(C(C)C)cc(Cl)cc1C(C)C)c1ncc(C2CC2)s1. The molecule has 0 bridgehead atoms. The Morgan fingerprint density at radius 3 is 2.29 bits per heavy atom. The van der Waals surface area contributed by atoms with Crippen molar-refractivity contribution in [2.45, 2.75) is 64.7 Å². The van der Waals surface area contributed by atoms with E-state index in [1.54, 1.807) is 0 Å². The average molecular weight is 360 g/mol. The van der Waals surface area contributed by atoms with Crippen molar-refractivity contribution in [2.75, 3.05) is 0 Å². The van der Waals surface area contributed by atoms with Gasteiger partial charge < -0.3 is 0 Å². The van der Waals surface area contributed by atoms with Crippen LogP contribution in [-0.2, 0) is 6.42 Å². The molecular weight excluding hydrogens is 334 g/mol. The van der Waals surface area contributed by atoms with E-state index in [1.165, 1.54) is 34.4 Å². The van der Waals surface area contributed by atoms with Gasteiger partial charge in [0.15, 0.2) is 0 Å². The fraction of sp³-hybridized carbons (Fsp3) is 0.476. The zero-order valence-electron chi connectivity index (χ0n) is 15.0. The monoisotopic (exact) mass is 359 g/mol. The molecule has 1 saturated carbocycles. The van der Waals surface area contributed by atoms with E-state index in [0.717, 1.165) is 27.9 Å². The Morgan fingerprint density at radius 2 is 1.79 bits per heavy atom. The van der Waals surface area contributed by atoms with Crippen LogP contribution in [0, 0.1) is 0 Å². The van der Waals surface area contributed by atoms with Crippen LogP contribution in [0.1, 0.15) is 84.9 Å². The number of nitrogens with zero attached hydrogens (tertiary/aromatic N) is 1. The van der Waals surface area contributed by atoms with Gasteiger partial charge in [-0.25, -0.2) is 4.98 Å². The molecule has 24 heavy (non-hydrogen) atoms. The van der Waals surface area contributed by atoms with E-state index in [2.05, 4.69) is 57.6 Å². The number of benzene rings is 1. The maximum Gasteiger partial charge on any atom is 0.119 e. The van der Waals surface area contributed by atoms with Crippen molar-refractivity contribution in [3.05, 3.63) is 56.5 Å². The Hall–Kier alpha value is -1.12. The van der Waals surface area contributed by atoms with Gasteiger partial charge in [0.25, 0.3) is 0 Å². The van der Waals surface area contributed by atoms with Crippen LogP contribution in [-0.4, -0.2) is 4.98 Å². The zero-order valence-corrected chi connectivity index (χ0v) is 16.6. The molecular formula is C21H26ClNS. The Bertz CT molecular complexity index is 724. The van der Waals surface area contributed by atoms with Gasteiger partial charge in [-0.15, -0.1) is 11.3 Å². The molecule has 1 aliphatic carbocycles. The molecule has 0 unspecified atom stereocenters. The van der Waals surface area contributed by atoms with E-state index < -0.39 is 0 Å². The maximum atomic E-state index is 6.38. The molecule has 0 saturated heterocycles. The summed E-state index contributed by atoms with van der Waals surface area (Å²) in [6, 6.07) is 4.25. The summed E-state index contributed by atoms with van der Waals surface area (Å²) in [5.41, 5.74) is 5.19. The number of hydrogen-bond donors (Lipinski definition) is 0. The lowest BCUT2D eigenvalue weighted by Crippen LogP contribution is -2.05. The number of aromatic nitrogens is 1. The Balaban J connectivity index is 1.93. The molecule has 2 aromatic rings. The molecule has 1 fully saturated rings. The average Bonchev–Trinajstić information content (AvgIpc) is 3.25. The molecule has 0 atom stereocenters. The molecule has 128 valence electrons. The number of allylic oxidation sites excluding steroid dienone is 1. The first-order chi connectivity index (χ1) is 11.4. The van der Waals surface area contributed by atoms with Crippen LogP contribution < -0.4 is 0 Å². The van der Waals surface area contributed by atoms with Gasteiger partial charge in [0.2, 0.25) is 0 Å². The first-order valence-electron chi connectivity index (χ1n) is 8.82. The van der Waals surface area contributed by atoms with Crippen LogP contribution in [0.15, 0.2) is 24.9 Å². The van der Waals surface area contributed by atoms with Crippen molar-refractivity contribution in [1.29, 1.82) is 0 Å². The van der Waals surface area contributed by atoms with Crippen LogP contribution in [0.3, 0.4) is 0 Å². The second-order valence-corrected chi connectivity index (χ2v) is 8.99. The van der Waals surface area contributed by atoms with E-state index in [-0.39, 0.29) is 0 Å². The van der Waals surface area contributed by atoms with Crippen molar-refractivity contribution >= 4 is 28.5 Å². The highest BCUT2D eigenvalue weighted by atomic mass is 35.5. The van der Waals surface area contributed by atoms with Crippen LogP contribution in [0.2, 0.25) is 5.02 Å². The fourth-order valence-corrected chi connectivity index (χ4v) is 4.50. The summed E-state index contributed by atoms with van der Waals surface area (Å²) in [6.45, 7) is 13.3. The second-order valence-electron chi connectivity index (χ2n) is 7.49. The fourth-order valence-electron chi connectivity index (χ4n) is 3.21. The van der Waals surface area contributed by atoms with Gasteiger partial charge in [0, 0.05) is 22.5 Å². The topological polar surface area (TPSA) is 12.9 Å². The minimum atomic E-state index is 0.447. The summed E-state index contributed by atoms with van der Waals surface area (Å²) in [5.74, 6) is 1.65. The third kappa shape index (κ3) is 3.75. The van der Waals surface area contributed by atoms with Gasteiger partial charge in [0.1, 0.15) is 5.01 Å². The minimum Gasteiger partial charge on any atom is -0.245 e. The molecule has 0 spiro atoms. The van der Waals surface area contributed by atoms with Crippen molar-refractivity contribution < 1.29 is 0 Å². The Labute approximate surface area is 154 Å². The van der Waals surface area contributed by atoms with Gasteiger partial charge >= 0.3 is 0 Å². The van der Waals surface area contributed by atoms with Gasteiger partial charge in [0.05, 0.1) is 0 Å². The highest BCUT2D eigenvalue weighted by Gasteiger charge is 2.26. The van der Waals surface area contributed by atoms with Crippen LogP contribution in [0.25, 0.3) is 5.57 Å².